The molecule has 1 aliphatic rings. The van der Waals surface area contributed by atoms with E-state index in [1.807, 2.05) is 6.07 Å². The lowest BCUT2D eigenvalue weighted by Gasteiger charge is -2.32. The van der Waals surface area contributed by atoms with E-state index < -0.39 is 0 Å². The monoisotopic (exact) mass is 337 g/mol. The molecule has 1 atom stereocenters. The average Bonchev–Trinajstić information content (AvgIpc) is 2.52. The molecule has 0 aliphatic carbocycles. The van der Waals surface area contributed by atoms with Crippen molar-refractivity contribution in [2.75, 3.05) is 32.1 Å². The Morgan fingerprint density at radius 3 is 2.78 bits per heavy atom. The summed E-state index contributed by atoms with van der Waals surface area (Å²) >= 11 is 1.60. The number of carbonyl (C=O) groups excluding carboxylic acids is 1. The molecule has 1 aliphatic heterocycles. The molecule has 5 heteroatoms. The molecule has 1 aromatic rings. The molecule has 1 saturated heterocycles. The van der Waals surface area contributed by atoms with Gasteiger partial charge in [0.15, 0.2) is 0 Å². The molecule has 0 aromatic heterocycles. The highest BCUT2D eigenvalue weighted by Gasteiger charge is 2.22. The molecule has 4 nitrogen and oxygen atoms in total. The van der Waals surface area contributed by atoms with Crippen LogP contribution in [-0.2, 0) is 20.8 Å². The number of morpholine rings is 1. The van der Waals surface area contributed by atoms with Gasteiger partial charge in [0.1, 0.15) is 12.7 Å². The van der Waals surface area contributed by atoms with Gasteiger partial charge in [-0.1, -0.05) is 51.1 Å². The van der Waals surface area contributed by atoms with E-state index in [1.54, 1.807) is 11.8 Å². The molecular weight excluding hydrogens is 310 g/mol. The van der Waals surface area contributed by atoms with Crippen molar-refractivity contribution in [3.05, 3.63) is 35.9 Å². The van der Waals surface area contributed by atoms with E-state index in [1.165, 1.54) is 5.56 Å². The summed E-state index contributed by atoms with van der Waals surface area (Å²) in [5.41, 5.74) is 1.30. The predicted octanol–water partition coefficient (Wildman–Crippen LogP) is 2.96. The van der Waals surface area contributed by atoms with Gasteiger partial charge < -0.3 is 9.47 Å². The summed E-state index contributed by atoms with van der Waals surface area (Å²) in [6.45, 7) is 9.94. The Labute approximate surface area is 143 Å². The minimum absolute atomic E-state index is 0.0314. The standard InChI is InChI=1S/C18H27NO3S/c1-18(2,3)23-14-17(20)22-13-16-12-19(9-10-21-16)11-15-7-5-4-6-8-15/h4-8,16H,9-14H2,1-3H3. The second-order valence-electron chi connectivity index (χ2n) is 6.80. The van der Waals surface area contributed by atoms with Crippen molar-refractivity contribution in [1.29, 1.82) is 0 Å². The molecule has 1 heterocycles. The maximum atomic E-state index is 11.8. The molecule has 0 bridgehead atoms. The zero-order valence-electron chi connectivity index (χ0n) is 14.3. The molecule has 1 aromatic carbocycles. The van der Waals surface area contributed by atoms with Gasteiger partial charge in [0, 0.05) is 24.4 Å². The molecule has 23 heavy (non-hydrogen) atoms. The van der Waals surface area contributed by atoms with Crippen LogP contribution < -0.4 is 0 Å². The number of esters is 1. The topological polar surface area (TPSA) is 38.8 Å². The van der Waals surface area contributed by atoms with Crippen LogP contribution in [-0.4, -0.2) is 53.8 Å². The van der Waals surface area contributed by atoms with Crippen LogP contribution in [0, 0.1) is 0 Å². The summed E-state index contributed by atoms with van der Waals surface area (Å²) < 4.78 is 11.2. The first-order valence-electron chi connectivity index (χ1n) is 8.10. The summed E-state index contributed by atoms with van der Waals surface area (Å²) in [5, 5.41) is 0. The molecule has 0 N–H and O–H groups in total. The van der Waals surface area contributed by atoms with E-state index in [4.69, 9.17) is 9.47 Å². The lowest BCUT2D eigenvalue weighted by Crippen LogP contribution is -2.44. The smallest absolute Gasteiger partial charge is 0.316 e. The third-order valence-electron chi connectivity index (χ3n) is 3.53. The van der Waals surface area contributed by atoms with Crippen molar-refractivity contribution in [1.82, 2.24) is 4.90 Å². The lowest BCUT2D eigenvalue weighted by molar-refractivity contribution is -0.147. The Kier molecular flexibility index (Phi) is 6.93. The predicted molar refractivity (Wildman–Crippen MR) is 94.6 cm³/mol. The molecule has 0 saturated carbocycles. The fourth-order valence-electron chi connectivity index (χ4n) is 2.37. The van der Waals surface area contributed by atoms with E-state index in [9.17, 15) is 4.79 Å². The first-order valence-corrected chi connectivity index (χ1v) is 9.08. The zero-order valence-corrected chi connectivity index (χ0v) is 15.1. The highest BCUT2D eigenvalue weighted by Crippen LogP contribution is 2.23. The summed E-state index contributed by atoms with van der Waals surface area (Å²) in [6, 6.07) is 10.4. The molecule has 0 spiro atoms. The van der Waals surface area contributed by atoms with Crippen LogP contribution in [0.5, 0.6) is 0 Å². The van der Waals surface area contributed by atoms with Crippen molar-refractivity contribution in [3.8, 4) is 0 Å². The molecule has 1 unspecified atom stereocenters. The SMILES string of the molecule is CC(C)(C)SCC(=O)OCC1CN(Cc2ccccc2)CCO1. The highest BCUT2D eigenvalue weighted by molar-refractivity contribution is 8.01. The van der Waals surface area contributed by atoms with Gasteiger partial charge in [0.2, 0.25) is 0 Å². The fourth-order valence-corrected chi connectivity index (χ4v) is 3.00. The quantitative estimate of drug-likeness (QED) is 0.746. The summed E-state index contributed by atoms with van der Waals surface area (Å²) in [7, 11) is 0. The van der Waals surface area contributed by atoms with E-state index in [2.05, 4.69) is 49.9 Å². The number of benzene rings is 1. The Hall–Kier alpha value is -1.04. The molecule has 2 rings (SSSR count). The minimum atomic E-state index is -0.159. The first-order chi connectivity index (χ1) is 10.9. The van der Waals surface area contributed by atoms with Crippen molar-refractivity contribution in [2.24, 2.45) is 0 Å². The molecular formula is C18H27NO3S. The van der Waals surface area contributed by atoms with E-state index in [0.717, 1.165) is 19.6 Å². The van der Waals surface area contributed by atoms with Gasteiger partial charge in [-0.25, -0.2) is 0 Å². The largest absolute Gasteiger partial charge is 0.462 e. The molecule has 0 radical (unpaired) electrons. The second kappa shape index (κ2) is 8.71. The first kappa shape index (κ1) is 18.3. The Morgan fingerprint density at radius 2 is 2.09 bits per heavy atom. The minimum Gasteiger partial charge on any atom is -0.462 e. The van der Waals surface area contributed by atoms with Crippen molar-refractivity contribution in [2.45, 2.75) is 38.2 Å². The summed E-state index contributed by atoms with van der Waals surface area (Å²) in [6.07, 6.45) is -0.0314. The van der Waals surface area contributed by atoms with Crippen LogP contribution in [0.2, 0.25) is 0 Å². The number of hydrogen-bond acceptors (Lipinski definition) is 5. The number of thioether (sulfide) groups is 1. The Morgan fingerprint density at radius 1 is 1.35 bits per heavy atom. The maximum absolute atomic E-state index is 11.8. The van der Waals surface area contributed by atoms with Gasteiger partial charge >= 0.3 is 5.97 Å². The normalized spacial score (nSPS) is 19.5. The van der Waals surface area contributed by atoms with Gasteiger partial charge in [-0.05, 0) is 5.56 Å². The van der Waals surface area contributed by atoms with Gasteiger partial charge in [-0.15, -0.1) is 11.8 Å². The molecule has 1 fully saturated rings. The fraction of sp³-hybridized carbons (Fsp3) is 0.611. The van der Waals surface area contributed by atoms with E-state index in [0.29, 0.717) is 19.0 Å². The third kappa shape index (κ3) is 7.38. The van der Waals surface area contributed by atoms with Crippen molar-refractivity contribution >= 4 is 17.7 Å². The Balaban J connectivity index is 1.70. The van der Waals surface area contributed by atoms with E-state index in [-0.39, 0.29) is 16.8 Å². The number of carbonyl (C=O) groups is 1. The van der Waals surface area contributed by atoms with Crippen molar-refractivity contribution < 1.29 is 14.3 Å². The summed E-state index contributed by atoms with van der Waals surface area (Å²) in [5.74, 6) is 0.234. The number of rotatable bonds is 6. The number of nitrogens with zero attached hydrogens (tertiary/aromatic N) is 1. The van der Waals surface area contributed by atoms with Gasteiger partial charge in [0.05, 0.1) is 12.4 Å². The van der Waals surface area contributed by atoms with Crippen molar-refractivity contribution in [3.63, 3.8) is 0 Å². The summed E-state index contributed by atoms with van der Waals surface area (Å²) in [4.78, 5) is 14.1. The zero-order chi connectivity index (χ0) is 16.7. The molecule has 0 amide bonds. The molecule has 128 valence electrons. The maximum Gasteiger partial charge on any atom is 0.316 e. The van der Waals surface area contributed by atoms with Crippen LogP contribution >= 0.6 is 11.8 Å². The second-order valence-corrected chi connectivity index (χ2v) is 8.60. The van der Waals surface area contributed by atoms with Crippen LogP contribution in [0.3, 0.4) is 0 Å². The van der Waals surface area contributed by atoms with Gasteiger partial charge in [-0.2, -0.15) is 0 Å². The van der Waals surface area contributed by atoms with Crippen LogP contribution in [0.1, 0.15) is 26.3 Å². The number of ether oxygens (including phenoxy) is 2. The van der Waals surface area contributed by atoms with Crippen LogP contribution in [0.25, 0.3) is 0 Å². The third-order valence-corrected chi connectivity index (χ3v) is 4.77. The van der Waals surface area contributed by atoms with Gasteiger partial charge in [0.25, 0.3) is 0 Å². The highest BCUT2D eigenvalue weighted by atomic mass is 32.2. The van der Waals surface area contributed by atoms with Gasteiger partial charge in [-0.3, -0.25) is 9.69 Å². The van der Waals surface area contributed by atoms with E-state index >= 15 is 0 Å². The number of hydrogen-bond donors (Lipinski definition) is 0. The van der Waals surface area contributed by atoms with Crippen LogP contribution in [0.4, 0.5) is 0 Å². The average molecular weight is 337 g/mol. The Bertz CT molecular complexity index is 487. The lowest BCUT2D eigenvalue weighted by atomic mass is 10.2. The van der Waals surface area contributed by atoms with Crippen LogP contribution in [0.15, 0.2) is 30.3 Å².